The summed E-state index contributed by atoms with van der Waals surface area (Å²) in [5, 5.41) is 2.25. The maximum Gasteiger partial charge on any atom is 0.255 e. The first kappa shape index (κ1) is 14.2. The Balaban J connectivity index is 2.09. The van der Waals surface area contributed by atoms with Crippen molar-refractivity contribution in [2.75, 3.05) is 0 Å². The summed E-state index contributed by atoms with van der Waals surface area (Å²) in [5.41, 5.74) is 4.37. The van der Waals surface area contributed by atoms with Crippen molar-refractivity contribution in [2.45, 2.75) is 20.8 Å². The first-order valence-electron chi connectivity index (χ1n) is 7.67. The Kier molecular flexibility index (Phi) is 3.13. The minimum atomic E-state index is 0.0278. The number of aryl methyl sites for hydroxylation is 3. The van der Waals surface area contributed by atoms with Crippen LogP contribution in [0, 0.1) is 20.8 Å². The van der Waals surface area contributed by atoms with Gasteiger partial charge in [0, 0.05) is 32.9 Å². The summed E-state index contributed by atoms with van der Waals surface area (Å²) in [6.07, 6.45) is 0. The lowest BCUT2D eigenvalue weighted by Crippen LogP contribution is -2.19. The Hall–Kier alpha value is -2.39. The zero-order valence-corrected chi connectivity index (χ0v) is 14.2. The molecule has 0 radical (unpaired) electrons. The summed E-state index contributed by atoms with van der Waals surface area (Å²) in [7, 11) is 0. The summed E-state index contributed by atoms with van der Waals surface area (Å²) in [6, 6.07) is 16.3. The maximum atomic E-state index is 12.7. The van der Waals surface area contributed by atoms with E-state index < -0.39 is 0 Å². The van der Waals surface area contributed by atoms with Gasteiger partial charge in [-0.25, -0.2) is 0 Å². The van der Waals surface area contributed by atoms with E-state index in [1.165, 1.54) is 25.9 Å². The predicted molar refractivity (Wildman–Crippen MR) is 99.1 cm³/mol. The van der Waals surface area contributed by atoms with Crippen LogP contribution in [0.1, 0.15) is 16.8 Å². The second-order valence-corrected chi connectivity index (χ2v) is 7.14. The molecule has 0 spiro atoms. The molecule has 3 heteroatoms. The first-order valence-corrected chi connectivity index (χ1v) is 8.49. The van der Waals surface area contributed by atoms with Gasteiger partial charge in [0.05, 0.1) is 4.70 Å². The van der Waals surface area contributed by atoms with Crippen molar-refractivity contribution in [3.8, 4) is 5.69 Å². The highest BCUT2D eigenvalue weighted by molar-refractivity contribution is 7.26. The van der Waals surface area contributed by atoms with Crippen LogP contribution < -0.4 is 5.56 Å². The van der Waals surface area contributed by atoms with E-state index in [0.29, 0.717) is 0 Å². The van der Waals surface area contributed by atoms with Gasteiger partial charge in [0.1, 0.15) is 0 Å². The number of pyridine rings is 1. The number of rotatable bonds is 1. The fraction of sp³-hybridized carbons (Fsp3) is 0.150. The average Bonchev–Trinajstić information content (AvgIpc) is 2.87. The molecule has 2 aromatic heterocycles. The van der Waals surface area contributed by atoms with E-state index in [4.69, 9.17) is 0 Å². The van der Waals surface area contributed by atoms with Crippen molar-refractivity contribution in [3.63, 3.8) is 0 Å². The van der Waals surface area contributed by atoms with E-state index in [9.17, 15) is 4.79 Å². The summed E-state index contributed by atoms with van der Waals surface area (Å²) < 4.78 is 4.23. The molecule has 0 aliphatic carbocycles. The Morgan fingerprint density at radius 1 is 0.826 bits per heavy atom. The smallest absolute Gasteiger partial charge is 0.255 e. The van der Waals surface area contributed by atoms with Crippen molar-refractivity contribution in [1.82, 2.24) is 4.57 Å². The molecule has 4 aromatic rings. The molecule has 0 amide bonds. The molecule has 0 aliphatic heterocycles. The van der Waals surface area contributed by atoms with Gasteiger partial charge in [-0.15, -0.1) is 11.3 Å². The molecule has 0 unspecified atom stereocenters. The van der Waals surface area contributed by atoms with Crippen LogP contribution in [0.5, 0.6) is 0 Å². The lowest BCUT2D eigenvalue weighted by atomic mass is 10.1. The molecule has 0 N–H and O–H groups in total. The van der Waals surface area contributed by atoms with E-state index in [-0.39, 0.29) is 5.56 Å². The van der Waals surface area contributed by atoms with E-state index in [1.54, 1.807) is 17.4 Å². The van der Waals surface area contributed by atoms with E-state index in [0.717, 1.165) is 16.8 Å². The van der Waals surface area contributed by atoms with Crippen molar-refractivity contribution < 1.29 is 0 Å². The van der Waals surface area contributed by atoms with Gasteiger partial charge in [0.2, 0.25) is 0 Å². The fourth-order valence-corrected chi connectivity index (χ4v) is 4.26. The summed E-state index contributed by atoms with van der Waals surface area (Å²) in [4.78, 5) is 12.7. The molecule has 0 saturated carbocycles. The molecule has 0 bridgehead atoms. The van der Waals surface area contributed by atoms with Gasteiger partial charge in [0.25, 0.3) is 5.56 Å². The quantitative estimate of drug-likeness (QED) is 0.476. The molecule has 4 rings (SSSR count). The third-order valence-electron chi connectivity index (χ3n) is 4.33. The molecule has 2 aromatic carbocycles. The van der Waals surface area contributed by atoms with Crippen molar-refractivity contribution in [1.29, 1.82) is 0 Å². The molecule has 0 atom stereocenters. The van der Waals surface area contributed by atoms with Crippen LogP contribution in [0.25, 0.3) is 25.9 Å². The third kappa shape index (κ3) is 2.20. The van der Waals surface area contributed by atoms with E-state index in [2.05, 4.69) is 32.0 Å². The van der Waals surface area contributed by atoms with Gasteiger partial charge in [-0.05, 0) is 45.0 Å². The number of hydrogen-bond donors (Lipinski definition) is 0. The van der Waals surface area contributed by atoms with Gasteiger partial charge < -0.3 is 0 Å². The van der Waals surface area contributed by atoms with Gasteiger partial charge in [0.15, 0.2) is 0 Å². The van der Waals surface area contributed by atoms with Crippen LogP contribution in [0.3, 0.4) is 0 Å². The Morgan fingerprint density at radius 2 is 1.52 bits per heavy atom. The van der Waals surface area contributed by atoms with Crippen molar-refractivity contribution >= 4 is 31.5 Å². The predicted octanol–water partition coefficient (Wildman–Crippen LogP) is 5.13. The second-order valence-electron chi connectivity index (χ2n) is 6.08. The Bertz CT molecular complexity index is 1100. The van der Waals surface area contributed by atoms with Crippen molar-refractivity contribution in [3.05, 3.63) is 75.7 Å². The zero-order chi connectivity index (χ0) is 16.1. The summed E-state index contributed by atoms with van der Waals surface area (Å²) >= 11 is 1.76. The average molecular weight is 319 g/mol. The number of aromatic nitrogens is 1. The molecule has 23 heavy (non-hydrogen) atoms. The number of benzene rings is 2. The van der Waals surface area contributed by atoms with E-state index >= 15 is 0 Å². The molecule has 0 saturated heterocycles. The molecule has 2 nitrogen and oxygen atoms in total. The van der Waals surface area contributed by atoms with Crippen LogP contribution in [0.2, 0.25) is 0 Å². The van der Waals surface area contributed by atoms with Gasteiger partial charge >= 0.3 is 0 Å². The van der Waals surface area contributed by atoms with Gasteiger partial charge in [-0.1, -0.05) is 29.3 Å². The third-order valence-corrected chi connectivity index (χ3v) is 5.62. The van der Waals surface area contributed by atoms with Gasteiger partial charge in [-0.2, -0.15) is 0 Å². The normalized spacial score (nSPS) is 11.4. The van der Waals surface area contributed by atoms with Crippen LogP contribution in [0.15, 0.2) is 53.3 Å². The first-order chi connectivity index (χ1) is 11.0. The number of hydrogen-bond acceptors (Lipinski definition) is 2. The molecule has 0 aliphatic rings. The second kappa shape index (κ2) is 5.07. The Morgan fingerprint density at radius 3 is 2.26 bits per heavy atom. The van der Waals surface area contributed by atoms with Crippen molar-refractivity contribution in [2.24, 2.45) is 0 Å². The minimum Gasteiger partial charge on any atom is -0.280 e. The lowest BCUT2D eigenvalue weighted by molar-refractivity contribution is 0.953. The van der Waals surface area contributed by atoms with Crippen LogP contribution in [-0.4, -0.2) is 4.57 Å². The molecular weight excluding hydrogens is 302 g/mol. The number of fused-ring (bicyclic) bond motifs is 3. The highest BCUT2D eigenvalue weighted by atomic mass is 32.1. The van der Waals surface area contributed by atoms with Crippen LogP contribution in [-0.2, 0) is 0 Å². The lowest BCUT2D eigenvalue weighted by Gasteiger charge is -2.11. The van der Waals surface area contributed by atoms with Gasteiger partial charge in [-0.3, -0.25) is 9.36 Å². The number of nitrogens with zero attached hydrogens (tertiary/aromatic N) is 1. The molecular formula is C20H17NOS. The topological polar surface area (TPSA) is 22.0 Å². The summed E-state index contributed by atoms with van der Waals surface area (Å²) in [6.45, 7) is 6.17. The highest BCUT2D eigenvalue weighted by Crippen LogP contribution is 2.35. The highest BCUT2D eigenvalue weighted by Gasteiger charge is 2.13. The van der Waals surface area contributed by atoms with Crippen LogP contribution in [0.4, 0.5) is 0 Å². The zero-order valence-electron chi connectivity index (χ0n) is 13.4. The molecule has 114 valence electrons. The largest absolute Gasteiger partial charge is 0.280 e. The summed E-state index contributed by atoms with van der Waals surface area (Å²) in [5.74, 6) is 0. The standard InChI is InChI=1S/C20H17NOS/c1-12-4-7-15(8-5-12)21-14(3)20-17(11-19(21)22)16-10-13(2)6-9-18(16)23-20/h4-11H,1-3H3. The van der Waals surface area contributed by atoms with Crippen LogP contribution >= 0.6 is 11.3 Å². The number of thiophene rings is 1. The monoisotopic (exact) mass is 319 g/mol. The molecule has 2 heterocycles. The maximum absolute atomic E-state index is 12.7. The fourth-order valence-electron chi connectivity index (χ4n) is 3.11. The van der Waals surface area contributed by atoms with E-state index in [1.807, 2.05) is 35.8 Å². The molecule has 0 fully saturated rings. The minimum absolute atomic E-state index is 0.0278. The SMILES string of the molecule is Cc1ccc(-n2c(C)c3sc4ccc(C)cc4c3cc2=O)cc1. The Labute approximate surface area is 138 Å².